The van der Waals surface area contributed by atoms with Crippen molar-refractivity contribution in [1.82, 2.24) is 47.1 Å². The Bertz CT molecular complexity index is 5420. The molecule has 48 heteroatoms. The second-order valence-corrected chi connectivity index (χ2v) is 32.5. The molecule has 614 valence electrons. The third-order valence-corrected chi connectivity index (χ3v) is 23.8. The van der Waals surface area contributed by atoms with Crippen molar-refractivity contribution in [3.8, 4) is 11.1 Å². The average molecular weight is 1680 g/mol. The molecular formula is C68H76N24O20S4-2. The highest BCUT2D eigenvalue weighted by Crippen LogP contribution is 2.34. The zero-order chi connectivity index (χ0) is 85.0. The molecule has 6 aromatic carbocycles. The van der Waals surface area contributed by atoms with E-state index >= 15 is 0 Å². The molecule has 0 fully saturated rings. The Morgan fingerprint density at radius 3 is 0.664 bits per heavy atom. The number of aliphatic hydroxyl groups is 6. The first kappa shape index (κ1) is 88.1. The lowest BCUT2D eigenvalue weighted by molar-refractivity contribution is -0.220. The van der Waals surface area contributed by atoms with Crippen LogP contribution in [0.1, 0.15) is 72.1 Å². The molecule has 0 spiro atoms. The molecule has 0 atom stereocenters. The van der Waals surface area contributed by atoms with Crippen LogP contribution in [0.25, 0.3) is 11.1 Å². The standard InChI is InChI=1S/C68H78N24O20S4/c69-53(93)17-25-89(26-18-54(70)94)113(105,106)45-9-1-5-39(33-45)77-63-83-64(78-40-6-2-10-46(34-40)114(107,108)90(27-19-55(71)95)28-20-56(72)96)86-67(85-63)81-43-13-15-49(51(37-43)61(101)102)50-16-14-44(38-52(50)62(103)104)82-68-87-65(79-41-7-3-11-47(35-41)115(109,110)91(29-21-57(73)97)30-22-58(74)98)84-66(88-68)80-42-8-4-12-48(36-42)116(111,112)92(31-23-59(75)99)32-24-60(76)100/h1-16,33-38H,17-32H2,(H2,69,93)(H2,70,94)(H2,71,95)(H2,72,96)(H2,73,97)(H2,74,98)(H2,75,99)(H2,76,100)(H,101,102)(H,103,104)(H3,77,78,81,83,85,86)(H3,79,80,82,84,87,88)/p-2. The first-order valence-corrected chi connectivity index (χ1v) is 39.8. The van der Waals surface area contributed by atoms with Crippen LogP contribution in [-0.4, -0.2) is 233 Å². The number of H-pyrrole nitrogens is 6. The summed E-state index contributed by atoms with van der Waals surface area (Å²) in [5.41, 5.74) is -3.80. The average Bonchev–Trinajstić information content (AvgIpc) is 0.789. The van der Waals surface area contributed by atoms with E-state index in [1.807, 2.05) is 0 Å². The fourth-order valence-electron chi connectivity index (χ4n) is 10.7. The molecule has 0 aliphatic rings. The van der Waals surface area contributed by atoms with Gasteiger partial charge in [-0.1, -0.05) is 36.4 Å². The Morgan fingerprint density at radius 2 is 0.483 bits per heavy atom. The predicted octanol–water partition coefficient (Wildman–Crippen LogP) is 3.08. The highest BCUT2D eigenvalue weighted by molar-refractivity contribution is 7.90. The van der Waals surface area contributed by atoms with Crippen LogP contribution in [0.2, 0.25) is 0 Å². The zero-order valence-electron chi connectivity index (χ0n) is 60.6. The van der Waals surface area contributed by atoms with E-state index in [0.29, 0.717) is 0 Å². The largest absolute Gasteiger partial charge is 0.862 e. The van der Waals surface area contributed by atoms with Gasteiger partial charge in [0.1, 0.15) is 0 Å². The number of carbonyl (C=O) groups is 2. The van der Waals surface area contributed by atoms with Crippen molar-refractivity contribution in [2.45, 2.75) is 70.9 Å². The summed E-state index contributed by atoms with van der Waals surface area (Å²) in [4.78, 5) is 69.4. The molecule has 8 rings (SSSR count). The summed E-state index contributed by atoms with van der Waals surface area (Å²) in [5.74, 6) is -10.5. The fourth-order valence-corrected chi connectivity index (χ4v) is 16.6. The number of carboxylic acids is 2. The monoisotopic (exact) mass is 1680 g/mol. The summed E-state index contributed by atoms with van der Waals surface area (Å²) < 4.78 is 116. The molecular weight excluding hydrogens is 1600 g/mol. The second-order valence-electron chi connectivity index (χ2n) is 24.7. The van der Waals surface area contributed by atoms with Crippen molar-refractivity contribution in [3.05, 3.63) is 178 Å². The second kappa shape index (κ2) is 38.8. The minimum Gasteiger partial charge on any atom is -0.862 e. The van der Waals surface area contributed by atoms with E-state index in [4.69, 9.17) is 43.3 Å². The Labute approximate surface area is 657 Å². The Kier molecular flexibility index (Phi) is 29.5. The van der Waals surface area contributed by atoms with Crippen LogP contribution in [0, 0.1) is 43.3 Å². The minimum atomic E-state index is -4.56. The number of rotatable bonds is 41. The van der Waals surface area contributed by atoms with Crippen LogP contribution in [0.15, 0.2) is 183 Å². The lowest BCUT2D eigenvalue weighted by Gasteiger charge is -2.24. The number of aliphatic hydroxyl groups excluding tert-OH is 6. The molecule has 0 unspecified atom stereocenters. The first-order chi connectivity index (χ1) is 54.7. The van der Waals surface area contributed by atoms with Gasteiger partial charge in [0.25, 0.3) is 0 Å². The van der Waals surface area contributed by atoms with Crippen LogP contribution >= 0.6 is 0 Å². The number of nitrogens with zero attached hydrogens (tertiary/aromatic N) is 10. The summed E-state index contributed by atoms with van der Waals surface area (Å²) in [6.07, 6.45) is -3.67. The van der Waals surface area contributed by atoms with Crippen molar-refractivity contribution in [3.63, 3.8) is 0 Å². The summed E-state index contributed by atoms with van der Waals surface area (Å²) in [6.45, 7) is -3.63. The van der Waals surface area contributed by atoms with Gasteiger partial charge in [0.05, 0.1) is 64.8 Å². The maximum Gasteiger partial charge on any atom is 0.336 e. The van der Waals surface area contributed by atoms with Crippen LogP contribution in [0.4, 0.5) is 34.1 Å². The summed E-state index contributed by atoms with van der Waals surface area (Å²) in [6, 6.07) is 27.1. The highest BCUT2D eigenvalue weighted by Gasteiger charge is 2.30. The maximum atomic E-state index is 14.1. The van der Waals surface area contributed by atoms with Gasteiger partial charge in [-0.15, -0.1) is 0 Å². The molecule has 8 aromatic rings. The first-order valence-electron chi connectivity index (χ1n) is 34.0. The van der Waals surface area contributed by atoms with Crippen molar-refractivity contribution >= 4 is 133 Å². The topological polar surface area (TPSA) is 751 Å². The molecule has 44 nitrogen and oxygen atoms in total. The van der Waals surface area contributed by atoms with E-state index in [-0.39, 0.29) is 93.6 Å². The van der Waals surface area contributed by atoms with E-state index in [9.17, 15) is 94.3 Å². The van der Waals surface area contributed by atoms with Gasteiger partial charge in [-0.3, -0.25) is 62.4 Å². The van der Waals surface area contributed by atoms with Crippen molar-refractivity contribution < 1.29 is 94.3 Å². The number of sulfonamides is 4. The predicted molar refractivity (Wildman–Crippen MR) is 411 cm³/mol. The van der Waals surface area contributed by atoms with Gasteiger partial charge in [0, 0.05) is 90.9 Å². The number of nitrogens with one attached hydrogen (secondary N) is 14. The Morgan fingerprint density at radius 1 is 0.293 bits per heavy atom. The number of aromatic nitrogens is 6. The smallest absolute Gasteiger partial charge is 0.336 e. The van der Waals surface area contributed by atoms with E-state index < -0.39 is 219 Å². The molecule has 0 saturated heterocycles. The molecule has 0 aliphatic heterocycles. The molecule has 0 amide bonds. The quantitative estimate of drug-likeness (QED) is 0.0193. The summed E-state index contributed by atoms with van der Waals surface area (Å²) >= 11 is 0. The fraction of sp³-hybridized carbons (Fsp3) is 0.235. The van der Waals surface area contributed by atoms with Crippen LogP contribution in [0.5, 0.6) is 0 Å². The van der Waals surface area contributed by atoms with Crippen LogP contribution in [-0.2, 0) is 40.1 Å². The molecule has 0 bridgehead atoms. The Balaban J connectivity index is 1.28. The molecule has 2 aromatic heterocycles. The SMILES string of the molecule is N=C([O-])CCN(CCC(=N)[O-])S(=O)(=O)c1cccc(N=c2[nH]c(=Nc3cccc(S(=O)(=O)N(CCC(=N)O)CCC(=N)O)c3)[nH]c(=Nc3ccc(-c4ccc(N=c5[nH]c(=Nc6cccc(S(=O)(=O)N(CCC(=N)O)CCC(=N)O)c6)[nH]c(=Nc6cccc(S(=O)(=O)N(CCC(=N)O)CCC(=N)O)c6)[nH]5)cc4C(=O)O)c(C(=O)O)c3)[nH]2)c1. The number of aromatic amines is 6. The number of aromatic carboxylic acids is 2. The van der Waals surface area contributed by atoms with Crippen molar-refractivity contribution in [1.29, 1.82) is 43.3 Å². The number of hydrogen-bond donors (Lipinski definition) is 22. The zero-order valence-corrected chi connectivity index (χ0v) is 63.9. The summed E-state index contributed by atoms with van der Waals surface area (Å²) in [7, 11) is -18.1. The van der Waals surface area contributed by atoms with E-state index in [2.05, 4.69) is 59.9 Å². The normalized spacial score (nSPS) is 12.8. The van der Waals surface area contributed by atoms with Crippen LogP contribution < -0.4 is 43.9 Å². The van der Waals surface area contributed by atoms with Gasteiger partial charge in [0.2, 0.25) is 73.8 Å². The van der Waals surface area contributed by atoms with E-state index in [0.717, 1.165) is 53.6 Å². The van der Waals surface area contributed by atoms with Gasteiger partial charge >= 0.3 is 11.9 Å². The van der Waals surface area contributed by atoms with Crippen molar-refractivity contribution in [2.24, 2.45) is 30.0 Å². The van der Waals surface area contributed by atoms with Gasteiger partial charge in [-0.2, -0.15) is 17.2 Å². The van der Waals surface area contributed by atoms with Crippen LogP contribution in [0.3, 0.4) is 0 Å². The molecule has 0 saturated carbocycles. The molecule has 0 radical (unpaired) electrons. The number of hydrogen-bond acceptors (Lipinski definition) is 26. The van der Waals surface area contributed by atoms with Gasteiger partial charge in [0.15, 0.2) is 35.4 Å². The van der Waals surface area contributed by atoms with Crippen molar-refractivity contribution in [2.75, 3.05) is 52.4 Å². The third kappa shape index (κ3) is 24.7. The lowest BCUT2D eigenvalue weighted by atomic mass is 9.94. The summed E-state index contributed by atoms with van der Waals surface area (Å²) in [5, 5.41) is 162. The molecule has 116 heavy (non-hydrogen) atoms. The molecule has 2 heterocycles. The van der Waals surface area contributed by atoms with E-state index in [1.165, 1.54) is 97.1 Å². The van der Waals surface area contributed by atoms with Gasteiger partial charge in [-0.25, -0.2) is 73.2 Å². The minimum absolute atomic E-state index is 0.0761. The van der Waals surface area contributed by atoms with Gasteiger partial charge in [-0.05, 0) is 133 Å². The third-order valence-electron chi connectivity index (χ3n) is 16.2. The Hall–Kier alpha value is -13.5. The van der Waals surface area contributed by atoms with E-state index in [1.54, 1.807) is 0 Å². The molecule has 22 N–H and O–H groups in total. The maximum absolute atomic E-state index is 14.1. The number of benzene rings is 6. The highest BCUT2D eigenvalue weighted by atomic mass is 32.2. The number of carboxylic acid groups (broad SMARTS) is 2. The molecule has 0 aliphatic carbocycles. The van der Waals surface area contributed by atoms with Gasteiger partial charge < -0.3 is 61.9 Å². The lowest BCUT2D eigenvalue weighted by Crippen LogP contribution is -2.37.